The number of carbonyl (C=O) groups is 2. The normalized spacial score (nSPS) is 29.4. The SMILES string of the molecule is CCCCOC(=O)/C=C/CC1(C)C(C)(C)C1(C)C(=O)OCC. The second-order valence-electron chi connectivity index (χ2n) is 6.93. The summed E-state index contributed by atoms with van der Waals surface area (Å²) in [5, 5.41) is 0. The van der Waals surface area contributed by atoms with Crippen molar-refractivity contribution in [2.24, 2.45) is 16.2 Å². The molecule has 0 aromatic heterocycles. The van der Waals surface area contributed by atoms with E-state index in [-0.39, 0.29) is 22.8 Å². The predicted octanol–water partition coefficient (Wildman–Crippen LogP) is 3.89. The van der Waals surface area contributed by atoms with E-state index >= 15 is 0 Å². The molecule has 0 aromatic rings. The summed E-state index contributed by atoms with van der Waals surface area (Å²) in [6.07, 6.45) is 5.83. The third kappa shape index (κ3) is 2.92. The van der Waals surface area contributed by atoms with Crippen LogP contribution in [0.5, 0.6) is 0 Å². The molecule has 4 nitrogen and oxygen atoms in total. The summed E-state index contributed by atoms with van der Waals surface area (Å²) in [5.41, 5.74) is -0.901. The first-order valence-electron chi connectivity index (χ1n) is 8.19. The van der Waals surface area contributed by atoms with Crippen molar-refractivity contribution < 1.29 is 19.1 Å². The molecule has 1 fully saturated rings. The maximum absolute atomic E-state index is 12.3. The van der Waals surface area contributed by atoms with E-state index in [0.29, 0.717) is 19.6 Å². The maximum Gasteiger partial charge on any atom is 0.330 e. The molecule has 0 bridgehead atoms. The molecule has 0 radical (unpaired) electrons. The molecule has 22 heavy (non-hydrogen) atoms. The van der Waals surface area contributed by atoms with Crippen LogP contribution in [0.3, 0.4) is 0 Å². The third-order valence-electron chi connectivity index (χ3n) is 5.88. The van der Waals surface area contributed by atoms with Gasteiger partial charge in [0, 0.05) is 6.08 Å². The van der Waals surface area contributed by atoms with E-state index in [1.165, 1.54) is 6.08 Å². The van der Waals surface area contributed by atoms with Crippen LogP contribution in [0, 0.1) is 16.2 Å². The molecule has 0 N–H and O–H groups in total. The summed E-state index contributed by atoms with van der Waals surface area (Å²) < 4.78 is 10.3. The number of esters is 2. The van der Waals surface area contributed by atoms with Crippen molar-refractivity contribution in [3.8, 4) is 0 Å². The molecule has 0 saturated heterocycles. The molecule has 2 atom stereocenters. The molecule has 1 rings (SSSR count). The molecule has 0 spiro atoms. The van der Waals surface area contributed by atoms with Crippen LogP contribution in [0.4, 0.5) is 0 Å². The Bertz CT molecular complexity index is 452. The summed E-state index contributed by atoms with van der Waals surface area (Å²) in [6.45, 7) is 12.9. The Morgan fingerprint density at radius 2 is 1.68 bits per heavy atom. The lowest BCUT2D eigenvalue weighted by atomic mass is 9.92. The number of carbonyl (C=O) groups excluding carboxylic acids is 2. The van der Waals surface area contributed by atoms with Gasteiger partial charge in [-0.15, -0.1) is 0 Å². The van der Waals surface area contributed by atoms with E-state index in [4.69, 9.17) is 9.47 Å². The quantitative estimate of drug-likeness (QED) is 0.388. The van der Waals surface area contributed by atoms with Gasteiger partial charge in [0.05, 0.1) is 18.6 Å². The van der Waals surface area contributed by atoms with Crippen LogP contribution in [-0.2, 0) is 19.1 Å². The standard InChI is InChI=1S/C18H30O4/c1-7-9-13-22-14(19)11-10-12-17(5)16(3,4)18(17,6)15(20)21-8-2/h10-11H,7-9,12-13H2,1-6H3/b11-10+. The number of rotatable bonds is 8. The highest BCUT2D eigenvalue weighted by molar-refractivity contribution is 5.84. The molecule has 1 aliphatic rings. The van der Waals surface area contributed by atoms with Crippen LogP contribution in [-0.4, -0.2) is 25.2 Å². The summed E-state index contributed by atoms with van der Waals surface area (Å²) in [7, 11) is 0. The van der Waals surface area contributed by atoms with Gasteiger partial charge in [-0.05, 0) is 37.5 Å². The second-order valence-corrected chi connectivity index (χ2v) is 6.93. The Morgan fingerprint density at radius 3 is 2.23 bits per heavy atom. The third-order valence-corrected chi connectivity index (χ3v) is 5.88. The smallest absolute Gasteiger partial charge is 0.330 e. The van der Waals surface area contributed by atoms with Gasteiger partial charge in [0.25, 0.3) is 0 Å². The Morgan fingerprint density at radius 1 is 1.05 bits per heavy atom. The van der Waals surface area contributed by atoms with E-state index in [2.05, 4.69) is 27.7 Å². The number of hydrogen-bond acceptors (Lipinski definition) is 4. The zero-order valence-corrected chi connectivity index (χ0v) is 14.8. The molecule has 0 aromatic carbocycles. The van der Waals surface area contributed by atoms with Crippen molar-refractivity contribution in [1.29, 1.82) is 0 Å². The molecule has 4 heteroatoms. The fourth-order valence-electron chi connectivity index (χ4n) is 3.42. The van der Waals surface area contributed by atoms with Crippen molar-refractivity contribution in [2.75, 3.05) is 13.2 Å². The first-order chi connectivity index (χ1) is 10.2. The summed E-state index contributed by atoms with van der Waals surface area (Å²) in [5.74, 6) is -0.463. The van der Waals surface area contributed by atoms with Gasteiger partial charge < -0.3 is 9.47 Å². The Balaban J connectivity index is 2.65. The van der Waals surface area contributed by atoms with Gasteiger partial charge in [0.2, 0.25) is 0 Å². The summed E-state index contributed by atoms with van der Waals surface area (Å²) >= 11 is 0. The van der Waals surface area contributed by atoms with Crippen LogP contribution in [0.15, 0.2) is 12.2 Å². The summed E-state index contributed by atoms with van der Waals surface area (Å²) in [4.78, 5) is 23.9. The van der Waals surface area contributed by atoms with Crippen molar-refractivity contribution in [3.05, 3.63) is 12.2 Å². The largest absolute Gasteiger partial charge is 0.466 e. The molecule has 0 heterocycles. The average Bonchev–Trinajstić information content (AvgIpc) is 2.80. The zero-order valence-electron chi connectivity index (χ0n) is 14.8. The maximum atomic E-state index is 12.3. The van der Waals surface area contributed by atoms with Crippen molar-refractivity contribution in [1.82, 2.24) is 0 Å². The fraction of sp³-hybridized carbons (Fsp3) is 0.778. The second kappa shape index (κ2) is 6.84. The number of ether oxygens (including phenoxy) is 2. The van der Waals surface area contributed by atoms with Crippen LogP contribution in [0.25, 0.3) is 0 Å². The highest BCUT2D eigenvalue weighted by atomic mass is 16.5. The first kappa shape index (κ1) is 18.7. The van der Waals surface area contributed by atoms with Crippen LogP contribution < -0.4 is 0 Å². The van der Waals surface area contributed by atoms with E-state index in [0.717, 1.165) is 12.8 Å². The van der Waals surface area contributed by atoms with Crippen LogP contribution >= 0.6 is 0 Å². The molecule has 126 valence electrons. The monoisotopic (exact) mass is 310 g/mol. The van der Waals surface area contributed by atoms with E-state index in [1.54, 1.807) is 0 Å². The topological polar surface area (TPSA) is 52.6 Å². The van der Waals surface area contributed by atoms with Gasteiger partial charge in [0.15, 0.2) is 0 Å². The Kier molecular flexibility index (Phi) is 5.82. The minimum Gasteiger partial charge on any atom is -0.466 e. The lowest BCUT2D eigenvalue weighted by molar-refractivity contribution is -0.151. The number of unbranched alkanes of at least 4 members (excludes halogenated alkanes) is 1. The first-order valence-corrected chi connectivity index (χ1v) is 8.19. The zero-order chi connectivity index (χ0) is 17.0. The average molecular weight is 310 g/mol. The number of allylic oxidation sites excluding steroid dienone is 1. The highest BCUT2D eigenvalue weighted by Crippen LogP contribution is 2.79. The lowest BCUT2D eigenvalue weighted by Gasteiger charge is -2.15. The van der Waals surface area contributed by atoms with Crippen molar-refractivity contribution >= 4 is 11.9 Å². The van der Waals surface area contributed by atoms with Gasteiger partial charge in [-0.25, -0.2) is 4.79 Å². The molecule has 2 unspecified atom stereocenters. The molecular formula is C18H30O4. The van der Waals surface area contributed by atoms with Gasteiger partial charge in [0.1, 0.15) is 0 Å². The lowest BCUT2D eigenvalue weighted by Crippen LogP contribution is -2.23. The van der Waals surface area contributed by atoms with E-state index in [1.807, 2.05) is 19.9 Å². The van der Waals surface area contributed by atoms with Gasteiger partial charge in [-0.2, -0.15) is 0 Å². The van der Waals surface area contributed by atoms with Crippen LogP contribution in [0.1, 0.15) is 60.8 Å². The van der Waals surface area contributed by atoms with Crippen molar-refractivity contribution in [2.45, 2.75) is 60.8 Å². The number of hydrogen-bond donors (Lipinski definition) is 0. The minimum atomic E-state index is -0.521. The van der Waals surface area contributed by atoms with E-state index in [9.17, 15) is 9.59 Å². The fourth-order valence-corrected chi connectivity index (χ4v) is 3.42. The van der Waals surface area contributed by atoms with Crippen molar-refractivity contribution in [3.63, 3.8) is 0 Å². The Labute approximate surface area is 134 Å². The van der Waals surface area contributed by atoms with Crippen LogP contribution in [0.2, 0.25) is 0 Å². The van der Waals surface area contributed by atoms with E-state index < -0.39 is 5.41 Å². The molecular weight excluding hydrogens is 280 g/mol. The predicted molar refractivity (Wildman–Crippen MR) is 86.3 cm³/mol. The molecule has 0 amide bonds. The van der Waals surface area contributed by atoms with Gasteiger partial charge >= 0.3 is 11.9 Å². The molecule has 0 aliphatic heterocycles. The van der Waals surface area contributed by atoms with Gasteiger partial charge in [-0.1, -0.05) is 40.2 Å². The summed E-state index contributed by atoms with van der Waals surface area (Å²) in [6, 6.07) is 0. The highest BCUT2D eigenvalue weighted by Gasteiger charge is 2.80. The van der Waals surface area contributed by atoms with Gasteiger partial charge in [-0.3, -0.25) is 4.79 Å². The minimum absolute atomic E-state index is 0.151. The molecule has 1 saturated carbocycles. The molecule has 1 aliphatic carbocycles. The Hall–Kier alpha value is -1.32.